The highest BCUT2D eigenvalue weighted by atomic mass is 32.1. The minimum absolute atomic E-state index is 0.0958. The van der Waals surface area contributed by atoms with Gasteiger partial charge >= 0.3 is 0 Å². The summed E-state index contributed by atoms with van der Waals surface area (Å²) in [5.41, 5.74) is 2.60. The van der Waals surface area contributed by atoms with Crippen LogP contribution in [0.25, 0.3) is 21.8 Å². The van der Waals surface area contributed by atoms with Crippen LogP contribution in [0.3, 0.4) is 0 Å². The fourth-order valence-corrected chi connectivity index (χ4v) is 4.11. The van der Waals surface area contributed by atoms with Crippen LogP contribution in [0.15, 0.2) is 60.5 Å². The highest BCUT2D eigenvalue weighted by molar-refractivity contribution is 7.13. The maximum absolute atomic E-state index is 12.2. The topological polar surface area (TPSA) is 100 Å². The predicted octanol–water partition coefficient (Wildman–Crippen LogP) is 2.99. The zero-order chi connectivity index (χ0) is 21.8. The molecule has 0 aliphatic carbocycles. The lowest BCUT2D eigenvalue weighted by atomic mass is 10.1. The van der Waals surface area contributed by atoms with Crippen molar-refractivity contribution in [2.75, 3.05) is 19.9 Å². The first-order chi connectivity index (χ1) is 15.8. The summed E-state index contributed by atoms with van der Waals surface area (Å²) in [5, 5.41) is 9.41. The molecule has 32 heavy (non-hydrogen) atoms. The Morgan fingerprint density at radius 1 is 1.19 bits per heavy atom. The van der Waals surface area contributed by atoms with Crippen LogP contribution in [0, 0.1) is 0 Å². The van der Waals surface area contributed by atoms with Gasteiger partial charge in [0.15, 0.2) is 18.1 Å². The van der Waals surface area contributed by atoms with Gasteiger partial charge in [-0.1, -0.05) is 6.07 Å². The summed E-state index contributed by atoms with van der Waals surface area (Å²) in [6.45, 7) is 1.01. The Kier molecular flexibility index (Phi) is 5.67. The van der Waals surface area contributed by atoms with Crippen LogP contribution < -0.4 is 19.5 Å². The third kappa shape index (κ3) is 4.26. The van der Waals surface area contributed by atoms with Crippen LogP contribution in [0.4, 0.5) is 0 Å². The Morgan fingerprint density at radius 2 is 2.12 bits per heavy atom. The molecule has 0 atom stereocenters. The molecule has 10 heteroatoms. The summed E-state index contributed by atoms with van der Waals surface area (Å²) in [6, 6.07) is 9.24. The maximum atomic E-state index is 12.2. The molecule has 1 aliphatic rings. The third-order valence-electron chi connectivity index (χ3n) is 4.79. The molecule has 162 valence electrons. The monoisotopic (exact) mass is 449 g/mol. The number of benzene rings is 1. The van der Waals surface area contributed by atoms with E-state index in [1.54, 1.807) is 54.3 Å². The fourth-order valence-electron chi connectivity index (χ4n) is 3.32. The van der Waals surface area contributed by atoms with E-state index in [1.165, 1.54) is 0 Å². The van der Waals surface area contributed by atoms with E-state index in [0.29, 0.717) is 30.3 Å². The van der Waals surface area contributed by atoms with E-state index in [4.69, 9.17) is 14.2 Å². The highest BCUT2D eigenvalue weighted by Crippen LogP contribution is 2.35. The lowest BCUT2D eigenvalue weighted by molar-refractivity contribution is -0.123. The van der Waals surface area contributed by atoms with Crippen LogP contribution in [0.5, 0.6) is 17.2 Å². The Bertz CT molecular complexity index is 1210. The summed E-state index contributed by atoms with van der Waals surface area (Å²) in [6.07, 6.45) is 6.79. The lowest BCUT2D eigenvalue weighted by Gasteiger charge is -2.10. The molecule has 1 aromatic carbocycles. The van der Waals surface area contributed by atoms with E-state index in [0.717, 1.165) is 21.8 Å². The molecule has 0 saturated carbocycles. The number of aromatic nitrogens is 4. The van der Waals surface area contributed by atoms with Crippen molar-refractivity contribution in [3.63, 3.8) is 0 Å². The van der Waals surface area contributed by atoms with Gasteiger partial charge in [-0.05, 0) is 23.6 Å². The van der Waals surface area contributed by atoms with Crippen molar-refractivity contribution in [3.05, 3.63) is 60.5 Å². The Balaban J connectivity index is 1.20. The average Bonchev–Trinajstić information content (AvgIpc) is 3.58. The minimum Gasteiger partial charge on any atom is -0.484 e. The number of nitrogens with one attached hydrogen (secondary N) is 1. The number of amides is 1. The molecule has 1 aliphatic heterocycles. The number of hydrogen-bond donors (Lipinski definition) is 1. The molecular weight excluding hydrogens is 430 g/mol. The van der Waals surface area contributed by atoms with Gasteiger partial charge in [0.25, 0.3) is 5.91 Å². The van der Waals surface area contributed by atoms with Gasteiger partial charge < -0.3 is 19.5 Å². The zero-order valence-electron chi connectivity index (χ0n) is 16.9. The van der Waals surface area contributed by atoms with Gasteiger partial charge in [-0.15, -0.1) is 11.3 Å². The van der Waals surface area contributed by atoms with Crippen molar-refractivity contribution in [2.45, 2.75) is 6.54 Å². The number of thiophene rings is 1. The van der Waals surface area contributed by atoms with Gasteiger partial charge in [0.1, 0.15) is 5.75 Å². The lowest BCUT2D eigenvalue weighted by Crippen LogP contribution is -2.31. The molecule has 0 bridgehead atoms. The highest BCUT2D eigenvalue weighted by Gasteiger charge is 2.17. The molecule has 1 N–H and O–H groups in total. The van der Waals surface area contributed by atoms with Gasteiger partial charge in [-0.25, -0.2) is 0 Å². The molecule has 5 rings (SSSR count). The summed E-state index contributed by atoms with van der Waals surface area (Å²) >= 11 is 1.62. The van der Waals surface area contributed by atoms with E-state index in [9.17, 15) is 4.79 Å². The Hall–Kier alpha value is -3.92. The van der Waals surface area contributed by atoms with E-state index < -0.39 is 0 Å². The number of carbonyl (C=O) groups excluding carboxylic acids is 1. The van der Waals surface area contributed by atoms with Crippen LogP contribution in [0.2, 0.25) is 0 Å². The quantitative estimate of drug-likeness (QED) is 0.441. The van der Waals surface area contributed by atoms with Gasteiger partial charge in [-0.2, -0.15) is 5.10 Å². The average molecular weight is 449 g/mol. The molecule has 9 nitrogen and oxygen atoms in total. The smallest absolute Gasteiger partial charge is 0.258 e. The molecule has 0 unspecified atom stereocenters. The number of nitrogens with zero attached hydrogens (tertiary/aromatic N) is 4. The number of rotatable bonds is 8. The minimum atomic E-state index is -0.221. The van der Waals surface area contributed by atoms with Crippen molar-refractivity contribution in [1.82, 2.24) is 25.1 Å². The summed E-state index contributed by atoms with van der Waals surface area (Å²) in [4.78, 5) is 21.9. The Morgan fingerprint density at radius 3 is 2.97 bits per heavy atom. The van der Waals surface area contributed by atoms with Crippen LogP contribution in [0.1, 0.15) is 0 Å². The van der Waals surface area contributed by atoms with Gasteiger partial charge in [0.05, 0.1) is 35.2 Å². The second-order valence-corrected chi connectivity index (χ2v) is 7.80. The van der Waals surface area contributed by atoms with E-state index in [1.807, 2.05) is 22.2 Å². The largest absolute Gasteiger partial charge is 0.484 e. The van der Waals surface area contributed by atoms with Crippen molar-refractivity contribution in [1.29, 1.82) is 0 Å². The molecule has 4 heterocycles. The summed E-state index contributed by atoms with van der Waals surface area (Å²) < 4.78 is 18.0. The first kappa shape index (κ1) is 20.0. The number of ether oxygens (including phenoxy) is 3. The first-order valence-corrected chi connectivity index (χ1v) is 10.8. The summed E-state index contributed by atoms with van der Waals surface area (Å²) in [7, 11) is 0. The normalized spacial score (nSPS) is 12.0. The standard InChI is InChI=1S/C22H19N5O4S/c28-21(13-29-15-3-4-18-19(10-15)31-14-30-18)25-7-8-27-22(20-2-1-9-32-20)16(11-26-27)17-12-23-5-6-24-17/h1-6,9-12H,7-8,13-14H2,(H,25,28). The van der Waals surface area contributed by atoms with Crippen molar-refractivity contribution < 1.29 is 19.0 Å². The molecule has 0 fully saturated rings. The number of carbonyl (C=O) groups is 1. The molecular formula is C22H19N5O4S. The second-order valence-electron chi connectivity index (χ2n) is 6.85. The molecule has 1 amide bonds. The Labute approximate surface area is 187 Å². The SMILES string of the molecule is O=C(COc1ccc2c(c1)OCO2)NCCn1ncc(-c2cnccn2)c1-c1cccs1. The van der Waals surface area contributed by atoms with Crippen LogP contribution >= 0.6 is 11.3 Å². The predicted molar refractivity (Wildman–Crippen MR) is 118 cm³/mol. The first-order valence-electron chi connectivity index (χ1n) is 9.93. The number of hydrogen-bond acceptors (Lipinski definition) is 8. The van der Waals surface area contributed by atoms with Gasteiger partial charge in [0.2, 0.25) is 6.79 Å². The molecule has 0 radical (unpaired) electrons. The summed E-state index contributed by atoms with van der Waals surface area (Å²) in [5.74, 6) is 1.61. The van der Waals surface area contributed by atoms with Crippen LogP contribution in [-0.4, -0.2) is 45.6 Å². The van der Waals surface area contributed by atoms with Crippen molar-refractivity contribution in [3.8, 4) is 39.1 Å². The van der Waals surface area contributed by atoms with E-state index in [2.05, 4.69) is 20.4 Å². The van der Waals surface area contributed by atoms with E-state index >= 15 is 0 Å². The molecule has 3 aromatic heterocycles. The van der Waals surface area contributed by atoms with E-state index in [-0.39, 0.29) is 19.3 Å². The van der Waals surface area contributed by atoms with Gasteiger partial charge in [-0.3, -0.25) is 19.4 Å². The fraction of sp³-hybridized carbons (Fsp3) is 0.182. The maximum Gasteiger partial charge on any atom is 0.258 e. The second kappa shape index (κ2) is 9.06. The molecule has 4 aromatic rings. The van der Waals surface area contributed by atoms with Gasteiger partial charge in [0, 0.05) is 30.6 Å². The molecule has 0 saturated heterocycles. The van der Waals surface area contributed by atoms with Crippen molar-refractivity contribution in [2.24, 2.45) is 0 Å². The molecule has 0 spiro atoms. The van der Waals surface area contributed by atoms with Crippen molar-refractivity contribution >= 4 is 17.2 Å². The number of fused-ring (bicyclic) bond motifs is 1. The third-order valence-corrected chi connectivity index (χ3v) is 5.67. The zero-order valence-corrected chi connectivity index (χ0v) is 17.7. The van der Waals surface area contributed by atoms with Crippen LogP contribution in [-0.2, 0) is 11.3 Å².